The fraction of sp³-hybridized carbons (Fsp3) is 0.667. The molecule has 0 radical (unpaired) electrons. The number of nitrogens with one attached hydrogen (secondary N) is 1. The van der Waals surface area contributed by atoms with Crippen molar-refractivity contribution < 1.29 is 0 Å². The molecule has 92 valence electrons. The van der Waals surface area contributed by atoms with Gasteiger partial charge in [0.05, 0.1) is 0 Å². The molecule has 0 aliphatic carbocycles. The second kappa shape index (κ2) is 8.23. The summed E-state index contributed by atoms with van der Waals surface area (Å²) in [4.78, 5) is 3.78. The van der Waals surface area contributed by atoms with Crippen LogP contribution in [0.15, 0.2) is 15.9 Å². The SMILES string of the molecule is CCCCN(C)CCNCc1cc(Br)cs1. The third-order valence-corrected chi connectivity index (χ3v) is 4.18. The number of hydrogen-bond donors (Lipinski definition) is 1. The molecule has 0 bridgehead atoms. The molecule has 0 fully saturated rings. The zero-order chi connectivity index (χ0) is 11.8. The van der Waals surface area contributed by atoms with E-state index in [1.807, 2.05) is 0 Å². The Kier molecular flexibility index (Phi) is 7.28. The minimum absolute atomic E-state index is 0.984. The lowest BCUT2D eigenvalue weighted by Crippen LogP contribution is -2.29. The lowest BCUT2D eigenvalue weighted by molar-refractivity contribution is 0.325. The van der Waals surface area contributed by atoms with Crippen LogP contribution in [0.25, 0.3) is 0 Å². The second-order valence-corrected chi connectivity index (χ2v) is 5.98. The van der Waals surface area contributed by atoms with Crippen LogP contribution in [0.4, 0.5) is 0 Å². The zero-order valence-corrected chi connectivity index (χ0v) is 12.5. The molecule has 4 heteroatoms. The Morgan fingerprint density at radius 1 is 1.44 bits per heavy atom. The van der Waals surface area contributed by atoms with E-state index in [1.165, 1.54) is 28.7 Å². The molecule has 0 amide bonds. The molecule has 0 saturated heterocycles. The van der Waals surface area contributed by atoms with Crippen LogP contribution in [0.3, 0.4) is 0 Å². The van der Waals surface area contributed by atoms with Crippen molar-refractivity contribution in [3.63, 3.8) is 0 Å². The molecule has 0 aromatic carbocycles. The van der Waals surface area contributed by atoms with Crippen LogP contribution < -0.4 is 5.32 Å². The van der Waals surface area contributed by atoms with E-state index in [2.05, 4.69) is 51.6 Å². The normalized spacial score (nSPS) is 11.2. The first kappa shape index (κ1) is 14.2. The van der Waals surface area contributed by atoms with Crippen LogP contribution in [0.2, 0.25) is 0 Å². The number of hydrogen-bond acceptors (Lipinski definition) is 3. The van der Waals surface area contributed by atoms with E-state index < -0.39 is 0 Å². The average molecular weight is 305 g/mol. The third-order valence-electron chi connectivity index (χ3n) is 2.48. The molecule has 1 rings (SSSR count). The van der Waals surface area contributed by atoms with Crippen molar-refractivity contribution in [2.75, 3.05) is 26.7 Å². The van der Waals surface area contributed by atoms with Gasteiger partial charge in [-0.15, -0.1) is 11.3 Å². The van der Waals surface area contributed by atoms with Crippen molar-refractivity contribution in [1.29, 1.82) is 0 Å². The minimum atomic E-state index is 0.984. The van der Waals surface area contributed by atoms with Crippen LogP contribution in [0, 0.1) is 0 Å². The zero-order valence-electron chi connectivity index (χ0n) is 10.1. The Bertz CT molecular complexity index is 288. The number of unbranched alkanes of at least 4 members (excludes halogenated alkanes) is 1. The third kappa shape index (κ3) is 5.99. The molecule has 1 N–H and O–H groups in total. The monoisotopic (exact) mass is 304 g/mol. The van der Waals surface area contributed by atoms with Gasteiger partial charge in [0.2, 0.25) is 0 Å². The molecular weight excluding hydrogens is 284 g/mol. The predicted octanol–water partition coefficient (Wildman–Crippen LogP) is 3.33. The fourth-order valence-electron chi connectivity index (χ4n) is 1.47. The topological polar surface area (TPSA) is 15.3 Å². The summed E-state index contributed by atoms with van der Waals surface area (Å²) in [5, 5.41) is 5.60. The predicted molar refractivity (Wildman–Crippen MR) is 76.1 cm³/mol. The summed E-state index contributed by atoms with van der Waals surface area (Å²) in [6.07, 6.45) is 2.58. The Hall–Kier alpha value is 0.1000. The molecular formula is C12H21BrN2S. The summed E-state index contributed by atoms with van der Waals surface area (Å²) < 4.78 is 1.19. The van der Waals surface area contributed by atoms with Crippen molar-refractivity contribution in [2.24, 2.45) is 0 Å². The van der Waals surface area contributed by atoms with Gasteiger partial charge in [-0.05, 0) is 42.0 Å². The fourth-order valence-corrected chi connectivity index (χ4v) is 2.89. The first-order valence-electron chi connectivity index (χ1n) is 5.84. The van der Waals surface area contributed by atoms with Crippen LogP contribution in [-0.4, -0.2) is 31.6 Å². The van der Waals surface area contributed by atoms with Gasteiger partial charge in [0.15, 0.2) is 0 Å². The largest absolute Gasteiger partial charge is 0.311 e. The van der Waals surface area contributed by atoms with Gasteiger partial charge in [-0.3, -0.25) is 0 Å². The van der Waals surface area contributed by atoms with Gasteiger partial charge >= 0.3 is 0 Å². The van der Waals surface area contributed by atoms with Gasteiger partial charge in [0, 0.05) is 34.4 Å². The standard InChI is InChI=1S/C12H21BrN2S/c1-3-4-6-15(2)7-5-14-9-12-8-11(13)10-16-12/h8,10,14H,3-7,9H2,1-2H3. The Balaban J connectivity index is 2.03. The second-order valence-electron chi connectivity index (χ2n) is 4.06. The van der Waals surface area contributed by atoms with E-state index in [-0.39, 0.29) is 0 Å². The van der Waals surface area contributed by atoms with Crippen molar-refractivity contribution >= 4 is 27.3 Å². The molecule has 0 aliphatic rings. The molecule has 0 aliphatic heterocycles. The minimum Gasteiger partial charge on any atom is -0.311 e. The summed E-state index contributed by atoms with van der Waals surface area (Å²) in [6.45, 7) is 6.63. The lowest BCUT2D eigenvalue weighted by atomic mass is 10.3. The highest BCUT2D eigenvalue weighted by Crippen LogP contribution is 2.19. The van der Waals surface area contributed by atoms with Crippen LogP contribution in [-0.2, 0) is 6.54 Å². The number of thiophene rings is 1. The van der Waals surface area contributed by atoms with Crippen molar-refractivity contribution in [3.05, 3.63) is 20.8 Å². The van der Waals surface area contributed by atoms with E-state index in [9.17, 15) is 0 Å². The summed E-state index contributed by atoms with van der Waals surface area (Å²) in [5.74, 6) is 0. The smallest absolute Gasteiger partial charge is 0.0300 e. The summed E-state index contributed by atoms with van der Waals surface area (Å²) in [7, 11) is 2.19. The van der Waals surface area contributed by atoms with Crippen molar-refractivity contribution in [1.82, 2.24) is 10.2 Å². The number of rotatable bonds is 8. The number of halogens is 1. The van der Waals surface area contributed by atoms with E-state index >= 15 is 0 Å². The summed E-state index contributed by atoms with van der Waals surface area (Å²) >= 11 is 5.27. The van der Waals surface area contributed by atoms with E-state index in [1.54, 1.807) is 11.3 Å². The van der Waals surface area contributed by atoms with Crippen molar-refractivity contribution in [2.45, 2.75) is 26.3 Å². The van der Waals surface area contributed by atoms with Gasteiger partial charge in [-0.1, -0.05) is 13.3 Å². The molecule has 0 unspecified atom stereocenters. The van der Waals surface area contributed by atoms with Gasteiger partial charge in [0.25, 0.3) is 0 Å². The molecule has 1 heterocycles. The number of likely N-dealkylation sites (N-methyl/N-ethyl adjacent to an activating group) is 1. The van der Waals surface area contributed by atoms with Crippen molar-refractivity contribution in [3.8, 4) is 0 Å². The maximum atomic E-state index is 3.47. The Morgan fingerprint density at radius 3 is 2.88 bits per heavy atom. The highest BCUT2D eigenvalue weighted by Gasteiger charge is 1.99. The van der Waals surface area contributed by atoms with Crippen LogP contribution in [0.5, 0.6) is 0 Å². The first-order valence-corrected chi connectivity index (χ1v) is 7.51. The molecule has 0 atom stereocenters. The van der Waals surface area contributed by atoms with Gasteiger partial charge in [0.1, 0.15) is 0 Å². The van der Waals surface area contributed by atoms with E-state index in [0.29, 0.717) is 0 Å². The number of nitrogens with zero attached hydrogens (tertiary/aromatic N) is 1. The van der Waals surface area contributed by atoms with E-state index in [0.717, 1.165) is 19.6 Å². The molecule has 16 heavy (non-hydrogen) atoms. The van der Waals surface area contributed by atoms with Gasteiger partial charge in [-0.25, -0.2) is 0 Å². The highest BCUT2D eigenvalue weighted by molar-refractivity contribution is 9.10. The molecule has 2 nitrogen and oxygen atoms in total. The first-order chi connectivity index (χ1) is 7.72. The average Bonchev–Trinajstić information content (AvgIpc) is 2.67. The highest BCUT2D eigenvalue weighted by atomic mass is 79.9. The van der Waals surface area contributed by atoms with Gasteiger partial charge < -0.3 is 10.2 Å². The lowest BCUT2D eigenvalue weighted by Gasteiger charge is -2.15. The summed E-state index contributed by atoms with van der Waals surface area (Å²) in [6, 6.07) is 2.18. The molecule has 1 aromatic rings. The van der Waals surface area contributed by atoms with Crippen LogP contribution >= 0.6 is 27.3 Å². The molecule has 1 aromatic heterocycles. The van der Waals surface area contributed by atoms with E-state index in [4.69, 9.17) is 0 Å². The quantitative estimate of drug-likeness (QED) is 0.741. The Labute approximate surface area is 111 Å². The maximum Gasteiger partial charge on any atom is 0.0300 e. The van der Waals surface area contributed by atoms with Crippen LogP contribution in [0.1, 0.15) is 24.6 Å². The Morgan fingerprint density at radius 2 is 2.25 bits per heavy atom. The van der Waals surface area contributed by atoms with Gasteiger partial charge in [-0.2, -0.15) is 0 Å². The molecule has 0 saturated carbocycles. The molecule has 0 spiro atoms. The summed E-state index contributed by atoms with van der Waals surface area (Å²) in [5.41, 5.74) is 0. The maximum absolute atomic E-state index is 3.47.